The highest BCUT2D eigenvalue weighted by molar-refractivity contribution is 5.89. The second-order valence-corrected chi connectivity index (χ2v) is 1.86. The molecule has 0 saturated carbocycles. The Bertz CT molecular complexity index is 234. The standard InChI is InChI=1S/C8H10O4/c1-4-5-6(7(9)11-2)8(10)12-3/h1,9H,5H2,2-3H3/b7-6-. The van der Waals surface area contributed by atoms with Gasteiger partial charge in [0.15, 0.2) is 0 Å². The second-order valence-electron chi connectivity index (χ2n) is 1.86. The Labute approximate surface area is 70.8 Å². The first-order chi connectivity index (χ1) is 5.67. The highest BCUT2D eigenvalue weighted by atomic mass is 16.6. The lowest BCUT2D eigenvalue weighted by molar-refractivity contribution is -0.136. The minimum absolute atomic E-state index is 0.0215. The number of aliphatic hydroxyl groups excluding tert-OH is 1. The molecule has 0 aliphatic rings. The maximum Gasteiger partial charge on any atom is 0.341 e. The Kier molecular flexibility index (Phi) is 4.39. The van der Waals surface area contributed by atoms with Crippen molar-refractivity contribution >= 4 is 5.97 Å². The van der Waals surface area contributed by atoms with Gasteiger partial charge in [-0.2, -0.15) is 0 Å². The quantitative estimate of drug-likeness (QED) is 0.291. The van der Waals surface area contributed by atoms with Crippen LogP contribution >= 0.6 is 0 Å². The molecule has 0 heterocycles. The molecule has 0 amide bonds. The normalized spacial score (nSPS) is 11.1. The number of esters is 1. The van der Waals surface area contributed by atoms with Crippen molar-refractivity contribution in [3.63, 3.8) is 0 Å². The fraction of sp³-hybridized carbons (Fsp3) is 0.375. The van der Waals surface area contributed by atoms with E-state index in [9.17, 15) is 4.79 Å². The molecular weight excluding hydrogens is 160 g/mol. The van der Waals surface area contributed by atoms with Gasteiger partial charge < -0.3 is 14.6 Å². The summed E-state index contributed by atoms with van der Waals surface area (Å²) >= 11 is 0. The zero-order chi connectivity index (χ0) is 9.56. The third-order valence-corrected chi connectivity index (χ3v) is 1.16. The molecule has 0 spiro atoms. The maximum absolute atomic E-state index is 10.9. The van der Waals surface area contributed by atoms with Gasteiger partial charge in [-0.3, -0.25) is 0 Å². The molecule has 0 aromatic carbocycles. The monoisotopic (exact) mass is 170 g/mol. The molecule has 66 valence electrons. The summed E-state index contributed by atoms with van der Waals surface area (Å²) in [5.74, 6) is 1.01. The Morgan fingerprint density at radius 1 is 1.50 bits per heavy atom. The molecule has 0 aromatic rings. The van der Waals surface area contributed by atoms with Crippen LogP contribution in [-0.2, 0) is 14.3 Å². The Hall–Kier alpha value is -1.63. The molecule has 0 saturated heterocycles. The summed E-state index contributed by atoms with van der Waals surface area (Å²) in [6, 6.07) is 0. The number of carbonyl (C=O) groups is 1. The first-order valence-corrected chi connectivity index (χ1v) is 3.15. The van der Waals surface area contributed by atoms with Gasteiger partial charge in [-0.25, -0.2) is 4.79 Å². The molecule has 0 radical (unpaired) electrons. The molecule has 0 atom stereocenters. The zero-order valence-electron chi connectivity index (χ0n) is 6.96. The average molecular weight is 170 g/mol. The molecule has 4 heteroatoms. The van der Waals surface area contributed by atoms with E-state index >= 15 is 0 Å². The Morgan fingerprint density at radius 3 is 2.42 bits per heavy atom. The van der Waals surface area contributed by atoms with Crippen LogP contribution in [0.4, 0.5) is 0 Å². The van der Waals surface area contributed by atoms with Crippen LogP contribution < -0.4 is 0 Å². The highest BCUT2D eigenvalue weighted by Gasteiger charge is 2.15. The maximum atomic E-state index is 10.9. The van der Waals surface area contributed by atoms with E-state index in [4.69, 9.17) is 11.5 Å². The molecule has 0 aliphatic heterocycles. The molecule has 0 unspecified atom stereocenters. The summed E-state index contributed by atoms with van der Waals surface area (Å²) in [5, 5.41) is 9.01. The third-order valence-electron chi connectivity index (χ3n) is 1.16. The molecule has 1 N–H and O–H groups in total. The SMILES string of the molecule is C#CC/C(C(=O)OC)=C(\O)OC. The van der Waals surface area contributed by atoms with Crippen molar-refractivity contribution in [1.29, 1.82) is 0 Å². The number of terminal acetylenes is 1. The van der Waals surface area contributed by atoms with Crippen LogP contribution in [0.5, 0.6) is 0 Å². The third kappa shape index (κ3) is 2.54. The van der Waals surface area contributed by atoms with Crippen LogP contribution in [0.1, 0.15) is 6.42 Å². The summed E-state index contributed by atoms with van der Waals surface area (Å²) in [5.41, 5.74) is -0.0532. The lowest BCUT2D eigenvalue weighted by Crippen LogP contribution is -2.08. The van der Waals surface area contributed by atoms with E-state index in [0.717, 1.165) is 0 Å². The minimum Gasteiger partial charge on any atom is -0.481 e. The number of rotatable bonds is 3. The van der Waals surface area contributed by atoms with Crippen molar-refractivity contribution in [2.75, 3.05) is 14.2 Å². The minimum atomic E-state index is -0.688. The summed E-state index contributed by atoms with van der Waals surface area (Å²) in [6.45, 7) is 0. The number of hydrogen-bond donors (Lipinski definition) is 1. The van der Waals surface area contributed by atoms with Gasteiger partial charge in [0.05, 0.1) is 14.2 Å². The topological polar surface area (TPSA) is 55.8 Å². The van der Waals surface area contributed by atoms with Gasteiger partial charge in [0, 0.05) is 6.42 Å². The van der Waals surface area contributed by atoms with Crippen LogP contribution in [-0.4, -0.2) is 25.3 Å². The molecule has 0 bridgehead atoms. The van der Waals surface area contributed by atoms with Crippen molar-refractivity contribution in [2.24, 2.45) is 0 Å². The predicted octanol–water partition coefficient (Wildman–Crippen LogP) is 0.599. The number of aliphatic hydroxyl groups is 1. The van der Waals surface area contributed by atoms with E-state index in [1.165, 1.54) is 14.2 Å². The van der Waals surface area contributed by atoms with E-state index in [1.807, 2.05) is 0 Å². The van der Waals surface area contributed by atoms with Crippen LogP contribution in [0, 0.1) is 12.3 Å². The molecule has 0 aromatic heterocycles. The lowest BCUT2D eigenvalue weighted by Gasteiger charge is -2.03. The molecular formula is C8H10O4. The van der Waals surface area contributed by atoms with Crippen LogP contribution in [0.25, 0.3) is 0 Å². The van der Waals surface area contributed by atoms with E-state index in [0.29, 0.717) is 0 Å². The molecule has 0 fully saturated rings. The highest BCUT2D eigenvalue weighted by Crippen LogP contribution is 2.08. The zero-order valence-corrected chi connectivity index (χ0v) is 6.96. The van der Waals surface area contributed by atoms with E-state index in [2.05, 4.69) is 15.4 Å². The number of carbonyl (C=O) groups excluding carboxylic acids is 1. The van der Waals surface area contributed by atoms with Gasteiger partial charge in [0.25, 0.3) is 5.95 Å². The van der Waals surface area contributed by atoms with Crippen molar-refractivity contribution in [1.82, 2.24) is 0 Å². The summed E-state index contributed by atoms with van der Waals surface area (Å²) in [4.78, 5) is 10.9. The van der Waals surface area contributed by atoms with E-state index in [-0.39, 0.29) is 12.0 Å². The first kappa shape index (κ1) is 10.4. The number of hydrogen-bond acceptors (Lipinski definition) is 4. The average Bonchev–Trinajstić information content (AvgIpc) is 2.11. The summed E-state index contributed by atoms with van der Waals surface area (Å²) in [6.07, 6.45) is 4.93. The Morgan fingerprint density at radius 2 is 2.08 bits per heavy atom. The Balaban J connectivity index is 4.67. The summed E-state index contributed by atoms with van der Waals surface area (Å²) in [7, 11) is 2.43. The van der Waals surface area contributed by atoms with Gasteiger partial charge in [0.1, 0.15) is 5.57 Å². The summed E-state index contributed by atoms with van der Waals surface area (Å²) < 4.78 is 8.78. The van der Waals surface area contributed by atoms with Crippen molar-refractivity contribution in [3.05, 3.63) is 11.5 Å². The van der Waals surface area contributed by atoms with E-state index in [1.54, 1.807) is 0 Å². The van der Waals surface area contributed by atoms with Crippen LogP contribution in [0.2, 0.25) is 0 Å². The van der Waals surface area contributed by atoms with Gasteiger partial charge in [-0.15, -0.1) is 12.3 Å². The fourth-order valence-electron chi connectivity index (χ4n) is 0.584. The predicted molar refractivity (Wildman–Crippen MR) is 42.1 cm³/mol. The van der Waals surface area contributed by atoms with Crippen molar-refractivity contribution < 1.29 is 19.4 Å². The second kappa shape index (κ2) is 5.08. The fourth-order valence-corrected chi connectivity index (χ4v) is 0.584. The number of ether oxygens (including phenoxy) is 2. The van der Waals surface area contributed by atoms with Crippen LogP contribution in [0.3, 0.4) is 0 Å². The number of methoxy groups -OCH3 is 2. The van der Waals surface area contributed by atoms with E-state index < -0.39 is 11.9 Å². The van der Waals surface area contributed by atoms with Crippen molar-refractivity contribution in [3.8, 4) is 12.3 Å². The largest absolute Gasteiger partial charge is 0.481 e. The van der Waals surface area contributed by atoms with Gasteiger partial charge in [0.2, 0.25) is 0 Å². The van der Waals surface area contributed by atoms with Crippen LogP contribution in [0.15, 0.2) is 11.5 Å². The molecule has 0 rings (SSSR count). The van der Waals surface area contributed by atoms with Crippen molar-refractivity contribution in [2.45, 2.75) is 6.42 Å². The first-order valence-electron chi connectivity index (χ1n) is 3.15. The molecule has 0 aliphatic carbocycles. The smallest absolute Gasteiger partial charge is 0.341 e. The van der Waals surface area contributed by atoms with Gasteiger partial charge in [-0.05, 0) is 0 Å². The lowest BCUT2D eigenvalue weighted by atomic mass is 10.2. The molecule has 12 heavy (non-hydrogen) atoms. The van der Waals surface area contributed by atoms with Gasteiger partial charge >= 0.3 is 5.97 Å². The molecule has 4 nitrogen and oxygen atoms in total. The van der Waals surface area contributed by atoms with Gasteiger partial charge in [-0.1, -0.05) is 0 Å².